The molecule has 3 aliphatic rings. The third kappa shape index (κ3) is 16.6. The van der Waals surface area contributed by atoms with Crippen molar-refractivity contribution in [2.45, 2.75) is 82.2 Å². The molecule has 0 aliphatic carbocycles. The van der Waals surface area contributed by atoms with E-state index >= 15 is 0 Å². The van der Waals surface area contributed by atoms with Crippen LogP contribution >= 0.6 is 12.2 Å². The van der Waals surface area contributed by atoms with E-state index in [-0.39, 0.29) is 17.0 Å². The minimum atomic E-state index is -0.383. The third-order valence-electron chi connectivity index (χ3n) is 7.82. The number of thiocarbonyl (C=S) groups is 1. The average Bonchev–Trinajstić information content (AvgIpc) is 2.94. The van der Waals surface area contributed by atoms with Crippen LogP contribution in [-0.4, -0.2) is 107 Å². The minimum absolute atomic E-state index is 0.00832. The summed E-state index contributed by atoms with van der Waals surface area (Å²) in [6.07, 6.45) is 17.6. The van der Waals surface area contributed by atoms with Crippen molar-refractivity contribution in [1.29, 1.82) is 0 Å². The normalized spacial score (nSPS) is 24.9. The highest BCUT2D eigenvalue weighted by atomic mass is 32.1. The lowest BCUT2D eigenvalue weighted by molar-refractivity contribution is -0.120. The quantitative estimate of drug-likeness (QED) is 0.0829. The first-order valence-electron chi connectivity index (χ1n) is 16.0. The van der Waals surface area contributed by atoms with E-state index in [9.17, 15) is 4.79 Å². The van der Waals surface area contributed by atoms with E-state index in [4.69, 9.17) is 18.6 Å². The second-order valence-electron chi connectivity index (χ2n) is 11.8. The zero-order valence-electron chi connectivity index (χ0n) is 25.7. The summed E-state index contributed by atoms with van der Waals surface area (Å²) in [5, 5.41) is 32.7. The lowest BCUT2D eigenvalue weighted by Crippen LogP contribution is -2.68. The Labute approximate surface area is 255 Å². The molecule has 3 saturated heterocycles. The zero-order valence-corrected chi connectivity index (χ0v) is 26.5. The monoisotopic (exact) mass is 593 g/mol. The van der Waals surface area contributed by atoms with E-state index < -0.39 is 0 Å². The van der Waals surface area contributed by atoms with E-state index in [2.05, 4.69) is 53.8 Å². The van der Waals surface area contributed by atoms with Gasteiger partial charge < -0.3 is 47.9 Å². The van der Waals surface area contributed by atoms with Crippen LogP contribution in [0.1, 0.15) is 71.1 Å². The molecule has 0 atom stereocenters. The number of terminal acetylenes is 1. The van der Waals surface area contributed by atoms with Gasteiger partial charge in [0.25, 0.3) is 0 Å². The Balaban J connectivity index is 1.81. The van der Waals surface area contributed by atoms with Gasteiger partial charge in [0.1, 0.15) is 0 Å². The Morgan fingerprint density at radius 1 is 0.659 bits per heavy atom. The Kier molecular flexibility index (Phi) is 19.2. The van der Waals surface area contributed by atoms with Crippen LogP contribution in [0.2, 0.25) is 0 Å². The molecule has 3 aliphatic heterocycles. The smallest absolute Gasteiger partial charge is 0.217 e. The third-order valence-corrected chi connectivity index (χ3v) is 8.07. The van der Waals surface area contributed by atoms with Gasteiger partial charge in [-0.2, -0.15) is 0 Å². The summed E-state index contributed by atoms with van der Waals surface area (Å²) in [6.45, 7) is 11.8. The van der Waals surface area contributed by atoms with Gasteiger partial charge in [0, 0.05) is 98.4 Å². The van der Waals surface area contributed by atoms with Crippen molar-refractivity contribution in [3.05, 3.63) is 0 Å². The zero-order chi connectivity index (χ0) is 29.5. The Morgan fingerprint density at radius 3 is 1.41 bits per heavy atom. The number of amides is 1. The number of unbranched alkanes of at least 4 members (excludes halogenated alkanes) is 9. The van der Waals surface area contributed by atoms with Crippen molar-refractivity contribution in [2.75, 3.05) is 85.1 Å². The second-order valence-corrected chi connectivity index (χ2v) is 12.2. The fraction of sp³-hybridized carbons (Fsp3) is 0.867. The first kappa shape index (κ1) is 35.7. The fourth-order valence-corrected chi connectivity index (χ4v) is 5.90. The van der Waals surface area contributed by atoms with Gasteiger partial charge in [-0.3, -0.25) is 4.79 Å². The summed E-state index contributed by atoms with van der Waals surface area (Å²) < 4.78 is 0. The van der Waals surface area contributed by atoms with Crippen LogP contribution in [0.5, 0.6) is 0 Å². The molecular formula is C30H59N9OS. The lowest BCUT2D eigenvalue weighted by Gasteiger charge is -2.39. The molecule has 0 spiro atoms. The van der Waals surface area contributed by atoms with Crippen molar-refractivity contribution in [3.63, 3.8) is 0 Å². The first-order chi connectivity index (χ1) is 20.0. The molecule has 0 radical (unpaired) electrons. The van der Waals surface area contributed by atoms with Crippen molar-refractivity contribution in [2.24, 2.45) is 0 Å². The summed E-state index contributed by atoms with van der Waals surface area (Å²) in [5.74, 6) is 2.72. The number of hydrogen-bond acceptors (Lipinski definition) is 8. The highest BCUT2D eigenvalue weighted by Gasteiger charge is 2.32. The molecule has 0 saturated carbocycles. The predicted molar refractivity (Wildman–Crippen MR) is 175 cm³/mol. The van der Waals surface area contributed by atoms with Crippen molar-refractivity contribution in [3.8, 4) is 12.3 Å². The molecule has 10 nitrogen and oxygen atoms in total. The maximum atomic E-state index is 12.0. The van der Waals surface area contributed by atoms with E-state index in [1.54, 1.807) is 6.92 Å². The predicted octanol–water partition coefficient (Wildman–Crippen LogP) is 0.163. The summed E-state index contributed by atoms with van der Waals surface area (Å²) >= 11 is 5.78. The maximum Gasteiger partial charge on any atom is 0.217 e. The molecular weight excluding hydrogens is 534 g/mol. The number of carbonyl (C=O) groups excluding carboxylic acids is 1. The first-order valence-corrected chi connectivity index (χ1v) is 16.4. The number of carbonyl (C=O) groups is 1. The van der Waals surface area contributed by atoms with Gasteiger partial charge >= 0.3 is 0 Å². The van der Waals surface area contributed by atoms with Crippen LogP contribution in [0.3, 0.4) is 0 Å². The molecule has 3 rings (SSSR count). The van der Waals surface area contributed by atoms with Crippen molar-refractivity contribution >= 4 is 23.2 Å². The van der Waals surface area contributed by atoms with Gasteiger partial charge in [0.15, 0.2) is 5.11 Å². The topological polar surface area (TPSA) is 125 Å². The van der Waals surface area contributed by atoms with Crippen LogP contribution in [0.25, 0.3) is 0 Å². The van der Waals surface area contributed by atoms with Crippen LogP contribution in [-0.2, 0) is 4.79 Å². The maximum absolute atomic E-state index is 12.0. The van der Waals surface area contributed by atoms with Gasteiger partial charge in [0.05, 0.1) is 11.1 Å². The molecule has 2 bridgehead atoms. The van der Waals surface area contributed by atoms with Crippen LogP contribution in [0.4, 0.5) is 0 Å². The van der Waals surface area contributed by atoms with Gasteiger partial charge in [-0.1, -0.05) is 44.9 Å². The van der Waals surface area contributed by atoms with E-state index in [1.807, 2.05) is 0 Å². The molecule has 3 heterocycles. The summed E-state index contributed by atoms with van der Waals surface area (Å²) in [4.78, 5) is 12.0. The summed E-state index contributed by atoms with van der Waals surface area (Å²) in [5.41, 5.74) is -0.649. The van der Waals surface area contributed by atoms with Crippen molar-refractivity contribution in [1.82, 2.24) is 47.9 Å². The molecule has 41 heavy (non-hydrogen) atoms. The molecule has 11 heteroatoms. The van der Waals surface area contributed by atoms with Crippen LogP contribution in [0, 0.1) is 12.3 Å². The summed E-state index contributed by atoms with van der Waals surface area (Å²) in [6, 6.07) is 0. The Hall–Kier alpha value is -1.52. The number of rotatable bonds is 13. The fourth-order valence-electron chi connectivity index (χ4n) is 5.59. The van der Waals surface area contributed by atoms with Gasteiger partial charge in [0.2, 0.25) is 5.91 Å². The van der Waals surface area contributed by atoms with Crippen LogP contribution in [0.15, 0.2) is 0 Å². The standard InChI is InChI=1S/C30H59N9OS/c1-3-4-5-6-7-8-9-10-11-12-13-14-37-28(41)39-30-24-34-18-15-31-21-29(38-27(2)40,22-32-16-19-35-25-30)23-33-17-20-36-26-30/h1,31-36H,4-26H2,2H3,(H,38,40)(H2,37,39,41). The number of nitrogens with one attached hydrogen (secondary N) is 9. The van der Waals surface area contributed by atoms with E-state index in [1.165, 1.54) is 51.4 Å². The van der Waals surface area contributed by atoms with Gasteiger partial charge in [-0.15, -0.1) is 12.3 Å². The molecule has 9 N–H and O–H groups in total. The Morgan fingerprint density at radius 2 is 1.02 bits per heavy atom. The summed E-state index contributed by atoms with van der Waals surface area (Å²) in [7, 11) is 0. The highest BCUT2D eigenvalue weighted by molar-refractivity contribution is 7.80. The molecule has 0 aromatic carbocycles. The number of fused-ring (bicyclic) bond motifs is 15. The van der Waals surface area contributed by atoms with Gasteiger partial charge in [-0.05, 0) is 25.1 Å². The van der Waals surface area contributed by atoms with Gasteiger partial charge in [-0.25, -0.2) is 0 Å². The molecule has 0 unspecified atom stereocenters. The van der Waals surface area contributed by atoms with Crippen LogP contribution < -0.4 is 47.9 Å². The van der Waals surface area contributed by atoms with Crippen molar-refractivity contribution < 1.29 is 4.79 Å². The minimum Gasteiger partial charge on any atom is -0.363 e. The molecule has 0 aromatic rings. The largest absolute Gasteiger partial charge is 0.363 e. The molecule has 236 valence electrons. The number of hydrogen-bond donors (Lipinski definition) is 9. The molecule has 3 fully saturated rings. The van der Waals surface area contributed by atoms with E-state index in [0.717, 1.165) is 83.4 Å². The van der Waals surface area contributed by atoms with E-state index in [0.29, 0.717) is 19.6 Å². The molecule has 1 amide bonds. The Bertz CT molecular complexity index is 717. The second kappa shape index (κ2) is 22.1. The SMILES string of the molecule is C#CCCCCCCCCCCCNC(=S)NC12CNCCNCC(NC(C)=O)(CNCCNC1)CNCCNC2. The highest BCUT2D eigenvalue weighted by Crippen LogP contribution is 2.10. The molecule has 0 aromatic heterocycles. The average molecular weight is 594 g/mol. The lowest BCUT2D eigenvalue weighted by atomic mass is 9.97.